The van der Waals surface area contributed by atoms with Crippen LogP contribution >= 0.6 is 0 Å². The van der Waals surface area contributed by atoms with Gasteiger partial charge in [-0.2, -0.15) is 15.3 Å². The van der Waals surface area contributed by atoms with E-state index in [4.69, 9.17) is 14.2 Å². The number of ether oxygens (including phenoxy) is 3. The molecule has 0 unspecified atom stereocenters. The van der Waals surface area contributed by atoms with E-state index >= 15 is 4.39 Å². The second-order valence-corrected chi connectivity index (χ2v) is 11.5. The van der Waals surface area contributed by atoms with Gasteiger partial charge in [0.05, 0.1) is 30.5 Å². The molecule has 2 aliphatic heterocycles. The molecule has 10 heteroatoms. The summed E-state index contributed by atoms with van der Waals surface area (Å²) >= 11 is 0. The maximum absolute atomic E-state index is 15.6. The Balaban J connectivity index is 1.23. The molecule has 42 heavy (non-hydrogen) atoms. The van der Waals surface area contributed by atoms with Crippen molar-refractivity contribution in [3.63, 3.8) is 0 Å². The molecule has 1 spiro atoms. The van der Waals surface area contributed by atoms with E-state index in [-0.39, 0.29) is 30.2 Å². The van der Waals surface area contributed by atoms with Crippen molar-refractivity contribution in [1.82, 2.24) is 19.2 Å². The Morgan fingerprint density at radius 2 is 1.88 bits per heavy atom. The highest BCUT2D eigenvalue weighted by atomic mass is 19.1. The average Bonchev–Trinajstić information content (AvgIpc) is 3.73. The third-order valence-electron chi connectivity index (χ3n) is 8.89. The first-order valence-electron chi connectivity index (χ1n) is 14.7. The fraction of sp³-hybridized carbons (Fsp3) is 0.438. The molecule has 0 bridgehead atoms. The Morgan fingerprint density at radius 1 is 1.12 bits per heavy atom. The molecule has 1 aliphatic carbocycles. The molecule has 4 aromatic rings. The third kappa shape index (κ3) is 4.53. The lowest BCUT2D eigenvalue weighted by Gasteiger charge is -2.37. The van der Waals surface area contributed by atoms with Crippen LogP contribution in [0.2, 0.25) is 0 Å². The molecule has 7 rings (SSSR count). The van der Waals surface area contributed by atoms with Gasteiger partial charge in [0, 0.05) is 30.9 Å². The fourth-order valence-electron chi connectivity index (χ4n) is 6.81. The van der Waals surface area contributed by atoms with Crippen molar-refractivity contribution in [2.45, 2.75) is 75.9 Å². The maximum atomic E-state index is 15.6. The van der Waals surface area contributed by atoms with Crippen LogP contribution in [0.3, 0.4) is 0 Å². The largest absolute Gasteiger partial charge is 0.376 e. The zero-order chi connectivity index (χ0) is 28.8. The summed E-state index contributed by atoms with van der Waals surface area (Å²) in [5.41, 5.74) is 3.31. The standard InChI is InChI=1S/C32H32FN5O4/c1-2-5-27-25(14-21-9-8-20(15-26(21)33)24-7-4-3-6-22(24)16-34)30(39)37(31-35-19-36-38(27)31)23-10-12-32(13-11-23)41-28-17-40-18-29(28)42-32/h3-4,6-9,15,19,23,28-29H,2,5,10-14,17-18H2,1H3/t23?,28-,29+,32?. The summed E-state index contributed by atoms with van der Waals surface area (Å²) in [5.74, 6) is -0.531. The molecule has 1 saturated carbocycles. The van der Waals surface area contributed by atoms with Crippen LogP contribution in [0.4, 0.5) is 4.39 Å². The summed E-state index contributed by atoms with van der Waals surface area (Å²) in [5, 5.41) is 14.0. The Bertz CT molecular complexity index is 1740. The summed E-state index contributed by atoms with van der Waals surface area (Å²) in [6, 6.07) is 14.2. The number of benzene rings is 2. The summed E-state index contributed by atoms with van der Waals surface area (Å²) in [6.45, 7) is 3.16. The van der Waals surface area contributed by atoms with Gasteiger partial charge < -0.3 is 14.2 Å². The quantitative estimate of drug-likeness (QED) is 0.331. The molecule has 2 aromatic heterocycles. The highest BCUT2D eigenvalue weighted by Crippen LogP contribution is 2.45. The molecule has 0 radical (unpaired) electrons. The van der Waals surface area contributed by atoms with Crippen LogP contribution in [-0.4, -0.2) is 50.4 Å². The normalized spacial score (nSPS) is 25.2. The van der Waals surface area contributed by atoms with Gasteiger partial charge in [-0.05, 0) is 48.1 Å². The molecule has 2 saturated heterocycles. The molecule has 4 heterocycles. The lowest BCUT2D eigenvalue weighted by Crippen LogP contribution is -2.40. The second kappa shape index (κ2) is 10.7. The number of nitriles is 1. The first kappa shape index (κ1) is 27.0. The van der Waals surface area contributed by atoms with Crippen LogP contribution in [-0.2, 0) is 27.1 Å². The van der Waals surface area contributed by atoms with E-state index < -0.39 is 11.6 Å². The van der Waals surface area contributed by atoms with E-state index in [0.29, 0.717) is 78.9 Å². The minimum Gasteiger partial charge on any atom is -0.376 e. The van der Waals surface area contributed by atoms with Gasteiger partial charge in [0.15, 0.2) is 5.79 Å². The van der Waals surface area contributed by atoms with Crippen LogP contribution < -0.4 is 5.56 Å². The van der Waals surface area contributed by atoms with E-state index in [9.17, 15) is 10.1 Å². The van der Waals surface area contributed by atoms with Gasteiger partial charge in [0.2, 0.25) is 5.78 Å². The lowest BCUT2D eigenvalue weighted by atomic mass is 9.89. The Labute approximate surface area is 242 Å². The summed E-state index contributed by atoms with van der Waals surface area (Å²) in [4.78, 5) is 18.8. The molecule has 3 fully saturated rings. The smallest absolute Gasteiger partial charge is 0.259 e. The van der Waals surface area contributed by atoms with E-state index in [1.165, 1.54) is 12.4 Å². The number of aryl methyl sites for hydroxylation is 1. The highest BCUT2D eigenvalue weighted by Gasteiger charge is 2.51. The summed E-state index contributed by atoms with van der Waals surface area (Å²) < 4.78 is 37.2. The Hall–Kier alpha value is -3.91. The number of fused-ring (bicyclic) bond motifs is 2. The molecule has 0 amide bonds. The average molecular weight is 570 g/mol. The summed E-state index contributed by atoms with van der Waals surface area (Å²) in [7, 11) is 0. The number of nitrogens with zero attached hydrogens (tertiary/aromatic N) is 5. The zero-order valence-corrected chi connectivity index (χ0v) is 23.5. The zero-order valence-electron chi connectivity index (χ0n) is 23.5. The number of hydrogen-bond donors (Lipinski definition) is 0. The van der Waals surface area contributed by atoms with Crippen molar-refractivity contribution in [3.8, 4) is 17.2 Å². The lowest BCUT2D eigenvalue weighted by molar-refractivity contribution is -0.211. The Kier molecular flexibility index (Phi) is 6.89. The van der Waals surface area contributed by atoms with Crippen LogP contribution in [0.1, 0.15) is 67.5 Å². The van der Waals surface area contributed by atoms with Crippen molar-refractivity contribution in [2.24, 2.45) is 0 Å². The van der Waals surface area contributed by atoms with E-state index in [0.717, 1.165) is 12.1 Å². The van der Waals surface area contributed by atoms with Gasteiger partial charge >= 0.3 is 0 Å². The minimum absolute atomic E-state index is 0.0259. The van der Waals surface area contributed by atoms with Crippen molar-refractivity contribution in [1.29, 1.82) is 5.26 Å². The van der Waals surface area contributed by atoms with Gasteiger partial charge in [-0.25, -0.2) is 8.91 Å². The molecule has 216 valence electrons. The SMILES string of the molecule is CCCc1c(Cc2ccc(-c3ccccc3C#N)cc2F)c(=O)n(C2CCC3(CC2)O[C@H]2COC[C@H]2O3)c2ncnn12. The molecule has 0 N–H and O–H groups in total. The number of rotatable bonds is 6. The predicted molar refractivity (Wildman–Crippen MR) is 151 cm³/mol. The van der Waals surface area contributed by atoms with Gasteiger partial charge in [-0.15, -0.1) is 0 Å². The van der Waals surface area contributed by atoms with Gasteiger partial charge in [0.25, 0.3) is 5.56 Å². The number of aromatic nitrogens is 4. The monoisotopic (exact) mass is 569 g/mol. The van der Waals surface area contributed by atoms with Gasteiger partial charge in [-0.3, -0.25) is 9.36 Å². The highest BCUT2D eigenvalue weighted by molar-refractivity contribution is 5.70. The first-order chi connectivity index (χ1) is 20.5. The second-order valence-electron chi connectivity index (χ2n) is 11.5. The predicted octanol–water partition coefficient (Wildman–Crippen LogP) is 4.74. The van der Waals surface area contributed by atoms with Gasteiger partial charge in [0.1, 0.15) is 24.4 Å². The van der Waals surface area contributed by atoms with Crippen molar-refractivity contribution in [3.05, 3.63) is 87.3 Å². The van der Waals surface area contributed by atoms with Crippen LogP contribution in [0.25, 0.3) is 16.9 Å². The van der Waals surface area contributed by atoms with Crippen molar-refractivity contribution in [2.75, 3.05) is 13.2 Å². The number of halogens is 1. The van der Waals surface area contributed by atoms with Crippen LogP contribution in [0.15, 0.2) is 53.6 Å². The van der Waals surface area contributed by atoms with E-state index in [1.807, 2.05) is 19.1 Å². The van der Waals surface area contributed by atoms with Crippen LogP contribution in [0.5, 0.6) is 0 Å². The van der Waals surface area contributed by atoms with Gasteiger partial charge in [-0.1, -0.05) is 43.7 Å². The first-order valence-corrected chi connectivity index (χ1v) is 14.7. The van der Waals surface area contributed by atoms with E-state index in [2.05, 4.69) is 16.2 Å². The molecule has 3 aliphatic rings. The third-order valence-corrected chi connectivity index (χ3v) is 8.89. The topological polar surface area (TPSA) is 104 Å². The Morgan fingerprint density at radius 3 is 2.60 bits per heavy atom. The molecular formula is C32H32FN5O4. The number of hydrogen-bond acceptors (Lipinski definition) is 7. The minimum atomic E-state index is -0.622. The van der Waals surface area contributed by atoms with Crippen LogP contribution in [0, 0.1) is 17.1 Å². The molecule has 9 nitrogen and oxygen atoms in total. The van der Waals surface area contributed by atoms with Crippen molar-refractivity contribution >= 4 is 5.78 Å². The maximum Gasteiger partial charge on any atom is 0.259 e. The van der Waals surface area contributed by atoms with Crippen molar-refractivity contribution < 1.29 is 18.6 Å². The molecular weight excluding hydrogens is 537 g/mol. The van der Waals surface area contributed by atoms with E-state index in [1.54, 1.807) is 33.3 Å². The molecule has 2 atom stereocenters. The molecule has 2 aromatic carbocycles. The summed E-state index contributed by atoms with van der Waals surface area (Å²) in [6.07, 6.45) is 5.68. The fourth-order valence-corrected chi connectivity index (χ4v) is 6.81.